The van der Waals surface area contributed by atoms with Crippen molar-refractivity contribution < 1.29 is 9.52 Å². The second-order valence-corrected chi connectivity index (χ2v) is 9.89. The van der Waals surface area contributed by atoms with Crippen molar-refractivity contribution >= 4 is 0 Å². The van der Waals surface area contributed by atoms with Gasteiger partial charge in [-0.05, 0) is 87.0 Å². The van der Waals surface area contributed by atoms with Gasteiger partial charge in [0, 0.05) is 5.56 Å². The van der Waals surface area contributed by atoms with Crippen molar-refractivity contribution in [3.8, 4) is 0 Å². The van der Waals surface area contributed by atoms with Gasteiger partial charge in [-0.3, -0.25) is 0 Å². The van der Waals surface area contributed by atoms with Gasteiger partial charge in [-0.2, -0.15) is 0 Å². The van der Waals surface area contributed by atoms with Crippen LogP contribution in [0, 0.1) is 22.7 Å². The fourth-order valence-electron chi connectivity index (χ4n) is 5.80. The van der Waals surface area contributed by atoms with Gasteiger partial charge in [0.2, 0.25) is 0 Å². The Morgan fingerprint density at radius 1 is 1.37 bits per heavy atom. The summed E-state index contributed by atoms with van der Waals surface area (Å²) in [5, 5.41) is 10.9. The minimum absolute atomic E-state index is 0.0651. The fraction of sp³-hybridized carbons (Fsp3) is 0.680. The minimum atomic E-state index is -0.451. The van der Waals surface area contributed by atoms with Crippen molar-refractivity contribution in [3.63, 3.8) is 0 Å². The number of allylic oxidation sites excluding steroid dienone is 3. The Hall–Kier alpha value is -1.28. The molecule has 1 fully saturated rings. The molecule has 2 aliphatic rings. The highest BCUT2D eigenvalue weighted by molar-refractivity contribution is 5.27. The monoisotopic (exact) mass is 370 g/mol. The van der Waals surface area contributed by atoms with Gasteiger partial charge >= 0.3 is 0 Å². The Labute approximate surface area is 165 Å². The van der Waals surface area contributed by atoms with E-state index in [2.05, 4.69) is 40.3 Å². The van der Waals surface area contributed by atoms with E-state index in [1.807, 2.05) is 6.07 Å². The van der Waals surface area contributed by atoms with E-state index in [4.69, 9.17) is 4.42 Å². The van der Waals surface area contributed by atoms with Crippen LogP contribution in [0.1, 0.15) is 90.7 Å². The molecule has 1 saturated carbocycles. The van der Waals surface area contributed by atoms with Crippen LogP contribution in [0.3, 0.4) is 0 Å². The van der Waals surface area contributed by atoms with Gasteiger partial charge in [0.1, 0.15) is 0 Å². The van der Waals surface area contributed by atoms with Crippen LogP contribution in [0.2, 0.25) is 0 Å². The highest BCUT2D eigenvalue weighted by atomic mass is 16.3. The van der Waals surface area contributed by atoms with Crippen molar-refractivity contribution in [2.75, 3.05) is 0 Å². The Kier molecular flexibility index (Phi) is 6.05. The first-order valence-electron chi connectivity index (χ1n) is 10.8. The van der Waals surface area contributed by atoms with Gasteiger partial charge in [-0.1, -0.05) is 38.0 Å². The van der Waals surface area contributed by atoms with Crippen LogP contribution in [0.4, 0.5) is 0 Å². The van der Waals surface area contributed by atoms with Crippen LogP contribution in [-0.2, 0) is 0 Å². The quantitative estimate of drug-likeness (QED) is 0.514. The zero-order valence-electron chi connectivity index (χ0n) is 17.8. The second kappa shape index (κ2) is 7.99. The molecule has 1 N–H and O–H groups in total. The molecule has 3 rings (SSSR count). The lowest BCUT2D eigenvalue weighted by molar-refractivity contribution is 0.0292. The summed E-state index contributed by atoms with van der Waals surface area (Å²) in [5.74, 6) is 1.26. The Morgan fingerprint density at radius 3 is 2.81 bits per heavy atom. The van der Waals surface area contributed by atoms with Crippen molar-refractivity contribution in [3.05, 3.63) is 48.0 Å². The summed E-state index contributed by atoms with van der Waals surface area (Å²) in [5.41, 5.74) is 4.30. The number of furan rings is 1. The molecule has 0 amide bonds. The summed E-state index contributed by atoms with van der Waals surface area (Å²) in [6.45, 7) is 13.5. The van der Waals surface area contributed by atoms with Crippen LogP contribution in [0.5, 0.6) is 0 Å². The van der Waals surface area contributed by atoms with E-state index < -0.39 is 6.10 Å². The fourth-order valence-corrected chi connectivity index (χ4v) is 5.80. The molecule has 0 bridgehead atoms. The van der Waals surface area contributed by atoms with E-state index in [0.717, 1.165) is 18.4 Å². The molecular formula is C25H38O2. The third-order valence-corrected chi connectivity index (χ3v) is 7.83. The van der Waals surface area contributed by atoms with Crippen LogP contribution >= 0.6 is 0 Å². The molecule has 0 unspecified atom stereocenters. The van der Waals surface area contributed by atoms with Gasteiger partial charge in [-0.25, -0.2) is 0 Å². The average molecular weight is 371 g/mol. The van der Waals surface area contributed by atoms with Crippen molar-refractivity contribution in [2.24, 2.45) is 22.7 Å². The molecule has 0 aliphatic heterocycles. The van der Waals surface area contributed by atoms with E-state index in [9.17, 15) is 5.11 Å². The second-order valence-electron chi connectivity index (χ2n) is 9.89. The summed E-state index contributed by atoms with van der Waals surface area (Å²) in [7, 11) is 0. The predicted octanol–water partition coefficient (Wildman–Crippen LogP) is 7.23. The lowest BCUT2D eigenvalue weighted by atomic mass is 9.50. The van der Waals surface area contributed by atoms with Gasteiger partial charge in [0.25, 0.3) is 0 Å². The smallest absolute Gasteiger partial charge is 0.0960 e. The molecule has 2 aliphatic carbocycles. The van der Waals surface area contributed by atoms with Crippen LogP contribution in [0.15, 0.2) is 46.8 Å². The summed E-state index contributed by atoms with van der Waals surface area (Å²) < 4.78 is 5.21. The summed E-state index contributed by atoms with van der Waals surface area (Å²) in [4.78, 5) is 0. The molecule has 0 radical (unpaired) electrons. The summed E-state index contributed by atoms with van der Waals surface area (Å²) >= 11 is 0. The molecule has 0 aromatic carbocycles. The van der Waals surface area contributed by atoms with Gasteiger partial charge in [-0.15, -0.1) is 6.58 Å². The minimum Gasteiger partial charge on any atom is -0.472 e. The Bertz CT molecular complexity index is 671. The van der Waals surface area contributed by atoms with Crippen molar-refractivity contribution in [1.29, 1.82) is 0 Å². The number of rotatable bonds is 7. The molecule has 1 aromatic heterocycles. The molecule has 5 atom stereocenters. The van der Waals surface area contributed by atoms with E-state index in [1.165, 1.54) is 44.1 Å². The molecule has 27 heavy (non-hydrogen) atoms. The maximum Gasteiger partial charge on any atom is 0.0960 e. The SMILES string of the molecule is C=C(C)CCC[C@]1(C)CCC=C2[C@H]1CC[C@H](C)[C@@]2(C)C[C@@H](O)c1ccoc1. The first-order chi connectivity index (χ1) is 12.8. The molecule has 0 spiro atoms. The van der Waals surface area contributed by atoms with Gasteiger partial charge in [0.15, 0.2) is 0 Å². The third kappa shape index (κ3) is 4.11. The topological polar surface area (TPSA) is 33.4 Å². The summed E-state index contributed by atoms with van der Waals surface area (Å²) in [6, 6.07) is 1.90. The number of aliphatic hydroxyl groups excluding tert-OH is 1. The number of hydrogen-bond donors (Lipinski definition) is 1. The van der Waals surface area contributed by atoms with Gasteiger partial charge < -0.3 is 9.52 Å². The standard InChI is InChI=1S/C25H38O2/c1-18(2)8-6-13-24(4)14-7-9-22-21(24)11-10-19(3)25(22,5)16-23(26)20-12-15-27-17-20/h9,12,15,17,19,21,23,26H,1,6-8,10-11,13-14,16H2,2-5H3/t19-,21+,23+,24+,25+/m0/s1. The molecular weight excluding hydrogens is 332 g/mol. The maximum atomic E-state index is 10.9. The zero-order chi connectivity index (χ0) is 19.7. The normalized spacial score (nSPS) is 34.6. The van der Waals surface area contributed by atoms with E-state index in [0.29, 0.717) is 17.3 Å². The molecule has 0 saturated heterocycles. The Morgan fingerprint density at radius 2 is 2.15 bits per heavy atom. The van der Waals surface area contributed by atoms with Crippen molar-refractivity contribution in [1.82, 2.24) is 0 Å². The van der Waals surface area contributed by atoms with E-state index >= 15 is 0 Å². The van der Waals surface area contributed by atoms with Crippen molar-refractivity contribution in [2.45, 2.75) is 85.2 Å². The highest BCUT2D eigenvalue weighted by Gasteiger charge is 2.49. The van der Waals surface area contributed by atoms with E-state index in [1.54, 1.807) is 18.1 Å². The Balaban J connectivity index is 1.81. The molecule has 2 heteroatoms. The lowest BCUT2D eigenvalue weighted by Gasteiger charge is -2.54. The van der Waals surface area contributed by atoms with Gasteiger partial charge in [0.05, 0.1) is 18.6 Å². The molecule has 150 valence electrons. The number of aliphatic hydroxyl groups is 1. The highest BCUT2D eigenvalue weighted by Crippen LogP contribution is 2.60. The summed E-state index contributed by atoms with van der Waals surface area (Å²) in [6.07, 6.45) is 14.9. The first-order valence-corrected chi connectivity index (χ1v) is 10.8. The number of fused-ring (bicyclic) bond motifs is 1. The average Bonchev–Trinajstić information content (AvgIpc) is 3.13. The largest absolute Gasteiger partial charge is 0.472 e. The zero-order valence-corrected chi connectivity index (χ0v) is 17.8. The first kappa shape index (κ1) is 20.5. The number of hydrogen-bond acceptors (Lipinski definition) is 2. The van der Waals surface area contributed by atoms with Crippen LogP contribution < -0.4 is 0 Å². The van der Waals surface area contributed by atoms with Crippen LogP contribution in [0.25, 0.3) is 0 Å². The molecule has 1 aromatic rings. The third-order valence-electron chi connectivity index (χ3n) is 7.83. The van der Waals surface area contributed by atoms with Crippen LogP contribution in [-0.4, -0.2) is 5.11 Å². The van der Waals surface area contributed by atoms with E-state index in [-0.39, 0.29) is 5.41 Å². The lowest BCUT2D eigenvalue weighted by Crippen LogP contribution is -2.44. The predicted molar refractivity (Wildman–Crippen MR) is 112 cm³/mol. The maximum absolute atomic E-state index is 10.9. The molecule has 2 nitrogen and oxygen atoms in total. The molecule has 1 heterocycles.